The molecule has 2 atom stereocenters. The van der Waals surface area contributed by atoms with Crippen LogP contribution in [-0.4, -0.2) is 43.8 Å². The lowest BCUT2D eigenvalue weighted by Crippen LogP contribution is -2.46. The van der Waals surface area contributed by atoms with E-state index in [1.807, 2.05) is 6.07 Å². The Labute approximate surface area is 139 Å². The number of nitrogens with one attached hydrogen (secondary N) is 1. The minimum absolute atomic E-state index is 0. The lowest BCUT2D eigenvalue weighted by atomic mass is 9.74. The van der Waals surface area contributed by atoms with Crippen molar-refractivity contribution in [3.05, 3.63) is 29.6 Å². The summed E-state index contributed by atoms with van der Waals surface area (Å²) in [6.45, 7) is 7.56. The van der Waals surface area contributed by atoms with Gasteiger partial charge in [0.2, 0.25) is 0 Å². The minimum atomic E-state index is -0.110. The van der Waals surface area contributed by atoms with Gasteiger partial charge >= 0.3 is 0 Å². The van der Waals surface area contributed by atoms with Gasteiger partial charge < -0.3 is 15.0 Å². The maximum absolute atomic E-state index is 13.7. The summed E-state index contributed by atoms with van der Waals surface area (Å²) >= 11 is 0. The number of piperidine rings is 1. The molecule has 1 N–H and O–H groups in total. The first-order chi connectivity index (χ1) is 11.2. The molecule has 0 radical (unpaired) electrons. The molecular weight excluding hydrogens is 291 g/mol. The molecule has 4 heteroatoms. The lowest BCUT2D eigenvalue weighted by Gasteiger charge is -2.40. The normalized spacial score (nSPS) is 27.8. The zero-order chi connectivity index (χ0) is 15.9. The van der Waals surface area contributed by atoms with Crippen LogP contribution in [0.15, 0.2) is 18.2 Å². The van der Waals surface area contributed by atoms with Gasteiger partial charge in [0.05, 0.1) is 6.10 Å². The van der Waals surface area contributed by atoms with Gasteiger partial charge in [-0.3, -0.25) is 0 Å². The first-order valence-corrected chi connectivity index (χ1v) is 9.04. The highest BCUT2D eigenvalue weighted by atomic mass is 19.1. The van der Waals surface area contributed by atoms with Gasteiger partial charge in [-0.15, -0.1) is 0 Å². The molecule has 3 heterocycles. The third-order valence-electron chi connectivity index (χ3n) is 6.13. The number of ether oxygens (including phenoxy) is 1. The number of rotatable bonds is 3. The minimum Gasteiger partial charge on any atom is -0.384 e. The Kier molecular flexibility index (Phi) is 4.06. The number of hydrogen-bond acceptors (Lipinski definition) is 3. The molecule has 3 aliphatic heterocycles. The van der Waals surface area contributed by atoms with E-state index in [1.165, 1.54) is 18.4 Å². The van der Waals surface area contributed by atoms with Gasteiger partial charge in [0.15, 0.2) is 0 Å². The van der Waals surface area contributed by atoms with Crippen molar-refractivity contribution in [2.75, 3.05) is 38.1 Å². The summed E-state index contributed by atoms with van der Waals surface area (Å²) < 4.78 is 19.5. The Bertz CT molecular complexity index is 568. The van der Waals surface area contributed by atoms with Crippen LogP contribution >= 0.6 is 0 Å². The van der Waals surface area contributed by atoms with E-state index in [1.54, 1.807) is 12.1 Å². The van der Waals surface area contributed by atoms with Crippen molar-refractivity contribution < 1.29 is 10.6 Å². The van der Waals surface area contributed by atoms with Crippen LogP contribution in [-0.2, 0) is 10.2 Å². The number of likely N-dealkylation sites (tertiary alicyclic amines) is 1. The Morgan fingerprint density at radius 2 is 2.26 bits per heavy atom. The van der Waals surface area contributed by atoms with Crippen LogP contribution in [0.2, 0.25) is 0 Å². The molecule has 2 fully saturated rings. The van der Waals surface area contributed by atoms with E-state index in [4.69, 9.17) is 4.74 Å². The van der Waals surface area contributed by atoms with Gasteiger partial charge in [0, 0.05) is 32.2 Å². The fourth-order valence-corrected chi connectivity index (χ4v) is 4.65. The van der Waals surface area contributed by atoms with E-state index in [0.29, 0.717) is 12.0 Å². The average molecular weight is 320 g/mol. The molecule has 0 aliphatic carbocycles. The van der Waals surface area contributed by atoms with E-state index < -0.39 is 0 Å². The van der Waals surface area contributed by atoms with Crippen molar-refractivity contribution in [2.45, 2.75) is 44.1 Å². The second-order valence-corrected chi connectivity index (χ2v) is 7.65. The predicted octanol–water partition coefficient (Wildman–Crippen LogP) is 3.65. The summed E-state index contributed by atoms with van der Waals surface area (Å²) in [4.78, 5) is 2.58. The predicted molar refractivity (Wildman–Crippen MR) is 92.5 cm³/mol. The largest absolute Gasteiger partial charge is 0.384 e. The van der Waals surface area contributed by atoms with Gasteiger partial charge in [0.1, 0.15) is 5.82 Å². The Hall–Kier alpha value is -1.13. The summed E-state index contributed by atoms with van der Waals surface area (Å²) in [5.41, 5.74) is 2.47. The average Bonchev–Trinajstić information content (AvgIpc) is 3.20. The molecule has 1 aromatic carbocycles. The van der Waals surface area contributed by atoms with Gasteiger partial charge in [-0.05, 0) is 68.5 Å². The van der Waals surface area contributed by atoms with Crippen LogP contribution in [0.1, 0.15) is 39.6 Å². The Balaban J connectivity index is 0.00000169. The molecule has 1 spiro atoms. The van der Waals surface area contributed by atoms with E-state index in [9.17, 15) is 4.39 Å². The topological polar surface area (TPSA) is 24.5 Å². The second-order valence-electron chi connectivity index (χ2n) is 7.65. The van der Waals surface area contributed by atoms with Gasteiger partial charge in [-0.25, -0.2) is 4.39 Å². The van der Waals surface area contributed by atoms with Crippen LogP contribution in [0.5, 0.6) is 0 Å². The Morgan fingerprint density at radius 1 is 1.43 bits per heavy atom. The van der Waals surface area contributed by atoms with Gasteiger partial charge in [0.25, 0.3) is 0 Å². The van der Waals surface area contributed by atoms with Gasteiger partial charge in [-0.2, -0.15) is 0 Å². The second kappa shape index (κ2) is 6.06. The smallest absolute Gasteiger partial charge is 0.123 e. The highest BCUT2D eigenvalue weighted by molar-refractivity contribution is 5.60. The number of hydrogen-bond donors (Lipinski definition) is 1. The van der Waals surface area contributed by atoms with Crippen molar-refractivity contribution in [3.8, 4) is 0 Å². The molecule has 2 saturated heterocycles. The number of anilines is 1. The quantitative estimate of drug-likeness (QED) is 0.920. The molecule has 1 aromatic rings. The van der Waals surface area contributed by atoms with E-state index in [-0.39, 0.29) is 12.7 Å². The summed E-state index contributed by atoms with van der Waals surface area (Å²) in [6, 6.07) is 5.20. The monoisotopic (exact) mass is 320 g/mol. The maximum atomic E-state index is 13.7. The van der Waals surface area contributed by atoms with E-state index >= 15 is 0 Å². The number of halogens is 1. The summed E-state index contributed by atoms with van der Waals surface area (Å²) in [5.74, 6) is 0.499. The molecular formula is C19H29FN2O. The molecule has 0 amide bonds. The summed E-state index contributed by atoms with van der Waals surface area (Å²) in [7, 11) is 0. The van der Waals surface area contributed by atoms with E-state index in [2.05, 4.69) is 17.1 Å². The fourth-order valence-electron chi connectivity index (χ4n) is 4.65. The first kappa shape index (κ1) is 15.4. The molecule has 23 heavy (non-hydrogen) atoms. The van der Waals surface area contributed by atoms with Crippen LogP contribution < -0.4 is 5.32 Å². The highest BCUT2D eigenvalue weighted by Gasteiger charge is 2.41. The number of nitrogens with zero attached hydrogens (tertiary/aromatic N) is 1. The van der Waals surface area contributed by atoms with E-state index in [0.717, 1.165) is 51.3 Å². The van der Waals surface area contributed by atoms with Crippen molar-refractivity contribution in [2.24, 2.45) is 5.92 Å². The van der Waals surface area contributed by atoms with Crippen molar-refractivity contribution in [1.29, 1.82) is 0 Å². The van der Waals surface area contributed by atoms with Crippen molar-refractivity contribution >= 4 is 5.69 Å². The van der Waals surface area contributed by atoms with Crippen LogP contribution in [0, 0.1) is 11.7 Å². The third kappa shape index (κ3) is 2.87. The third-order valence-corrected chi connectivity index (χ3v) is 6.13. The highest BCUT2D eigenvalue weighted by Crippen LogP contribution is 2.44. The lowest BCUT2D eigenvalue weighted by molar-refractivity contribution is 0.0444. The summed E-state index contributed by atoms with van der Waals surface area (Å²) in [6.07, 6.45) is 5.12. The summed E-state index contributed by atoms with van der Waals surface area (Å²) in [5, 5.41) is 3.48. The molecule has 128 valence electrons. The Morgan fingerprint density at radius 3 is 3.00 bits per heavy atom. The molecule has 0 bridgehead atoms. The standard InChI is InChI=1S/C19H27FN2O.H2/c1-14(18-3-2-10-23-18)12-22-8-6-19(7-9-22)13-21-17-5-4-15(20)11-16(17)19;/h4-5,11,14,18,21H,2-3,6-10,12-13H2,1H3;1H/t14-,18-;/m1./s1. The molecule has 3 nitrogen and oxygen atoms in total. The van der Waals surface area contributed by atoms with Crippen LogP contribution in [0.3, 0.4) is 0 Å². The van der Waals surface area contributed by atoms with Gasteiger partial charge in [-0.1, -0.05) is 6.92 Å². The van der Waals surface area contributed by atoms with Crippen molar-refractivity contribution in [1.82, 2.24) is 4.90 Å². The molecule has 0 aromatic heterocycles. The van der Waals surface area contributed by atoms with Crippen molar-refractivity contribution in [3.63, 3.8) is 0 Å². The number of fused-ring (bicyclic) bond motifs is 2. The first-order valence-electron chi connectivity index (χ1n) is 9.04. The van der Waals surface area contributed by atoms with Crippen LogP contribution in [0.4, 0.5) is 10.1 Å². The number of benzene rings is 1. The molecule has 4 rings (SSSR count). The molecule has 3 aliphatic rings. The molecule has 0 unspecified atom stereocenters. The van der Waals surface area contributed by atoms with Crippen LogP contribution in [0.25, 0.3) is 0 Å². The maximum Gasteiger partial charge on any atom is 0.123 e. The molecule has 0 saturated carbocycles. The zero-order valence-corrected chi connectivity index (χ0v) is 14.0. The SMILES string of the molecule is C[C@H](CN1CCC2(CC1)CNc1ccc(F)cc12)[C@H]1CCCO1.[HH]. The zero-order valence-electron chi connectivity index (χ0n) is 14.0. The fraction of sp³-hybridized carbons (Fsp3) is 0.684.